The summed E-state index contributed by atoms with van der Waals surface area (Å²) in [4.78, 5) is 16.0. The van der Waals surface area contributed by atoms with Gasteiger partial charge in [-0.1, -0.05) is 5.16 Å². The van der Waals surface area contributed by atoms with Crippen LogP contribution in [-0.4, -0.2) is 46.1 Å². The van der Waals surface area contributed by atoms with Gasteiger partial charge in [0, 0.05) is 24.9 Å². The summed E-state index contributed by atoms with van der Waals surface area (Å²) in [5, 5.41) is 12.2. The maximum atomic E-state index is 4.99. The lowest BCUT2D eigenvalue weighted by molar-refractivity contribution is 0.209. The van der Waals surface area contributed by atoms with Gasteiger partial charge in [0.05, 0.1) is 17.3 Å². The Morgan fingerprint density at radius 2 is 2.10 bits per heavy atom. The number of hydrogen-bond acceptors (Lipinski definition) is 6. The Labute approximate surface area is 116 Å². The second-order valence-corrected chi connectivity index (χ2v) is 5.40. The molecule has 2 atom stereocenters. The number of oxime groups is 1. The molecule has 0 spiro atoms. The molecular formula is C13H16N6O. The Bertz CT molecular complexity index is 650. The van der Waals surface area contributed by atoms with Gasteiger partial charge in [-0.05, 0) is 12.8 Å². The minimum Gasteiger partial charge on any atom is -0.399 e. The highest BCUT2D eigenvalue weighted by atomic mass is 16.6. The topological polar surface area (TPSA) is 79.3 Å². The molecule has 1 saturated heterocycles. The van der Waals surface area contributed by atoms with E-state index in [9.17, 15) is 0 Å². The van der Waals surface area contributed by atoms with Crippen molar-refractivity contribution in [3.05, 3.63) is 12.5 Å². The molecule has 2 aromatic heterocycles. The standard InChI is InChI=1S/C13H16N6O/c1-20-18-11-8-2-3-9(11)6-19(5-8)13-10-4-16-17-12(10)14-7-15-13/h4,7-9H,2-3,5-6H2,1H3,(H,14,15,16,17). The average molecular weight is 272 g/mol. The number of nitrogens with zero attached hydrogens (tertiary/aromatic N) is 5. The molecule has 1 aliphatic carbocycles. The molecule has 2 fully saturated rings. The second-order valence-electron chi connectivity index (χ2n) is 5.40. The number of rotatable bonds is 2. The zero-order valence-electron chi connectivity index (χ0n) is 11.3. The summed E-state index contributed by atoms with van der Waals surface area (Å²) in [6.07, 6.45) is 5.76. The first kappa shape index (κ1) is 11.6. The predicted molar refractivity (Wildman–Crippen MR) is 74.6 cm³/mol. The van der Waals surface area contributed by atoms with Crippen LogP contribution in [-0.2, 0) is 4.84 Å². The van der Waals surface area contributed by atoms with Gasteiger partial charge in [-0.3, -0.25) is 5.10 Å². The van der Waals surface area contributed by atoms with E-state index in [0.29, 0.717) is 11.8 Å². The fourth-order valence-electron chi connectivity index (χ4n) is 3.44. The van der Waals surface area contributed by atoms with Crippen molar-refractivity contribution in [2.75, 3.05) is 25.1 Å². The van der Waals surface area contributed by atoms with Crippen molar-refractivity contribution in [3.8, 4) is 0 Å². The van der Waals surface area contributed by atoms with Gasteiger partial charge in [-0.15, -0.1) is 0 Å². The van der Waals surface area contributed by atoms with Gasteiger partial charge in [0.2, 0.25) is 0 Å². The SMILES string of the molecule is CON=C1C2CCC1CN(c1ncnc3[nH]ncc13)C2. The Balaban J connectivity index is 1.69. The molecule has 7 nitrogen and oxygen atoms in total. The number of fused-ring (bicyclic) bond motifs is 3. The molecule has 0 amide bonds. The molecule has 4 rings (SSSR count). The Hall–Kier alpha value is -2.18. The van der Waals surface area contributed by atoms with E-state index in [1.54, 1.807) is 19.6 Å². The van der Waals surface area contributed by atoms with Crippen LogP contribution in [0.3, 0.4) is 0 Å². The van der Waals surface area contributed by atoms with Crippen molar-refractivity contribution < 1.29 is 4.84 Å². The van der Waals surface area contributed by atoms with Crippen molar-refractivity contribution in [3.63, 3.8) is 0 Å². The molecule has 104 valence electrons. The van der Waals surface area contributed by atoms with Crippen molar-refractivity contribution in [1.82, 2.24) is 20.2 Å². The minimum absolute atomic E-state index is 0.477. The number of aromatic amines is 1. The summed E-state index contributed by atoms with van der Waals surface area (Å²) in [6, 6.07) is 0. The third kappa shape index (κ3) is 1.65. The highest BCUT2D eigenvalue weighted by Gasteiger charge is 2.40. The number of hydrogen-bond donors (Lipinski definition) is 1. The van der Waals surface area contributed by atoms with Gasteiger partial charge in [-0.25, -0.2) is 9.97 Å². The molecule has 2 unspecified atom stereocenters. The van der Waals surface area contributed by atoms with Crippen LogP contribution in [0.25, 0.3) is 11.0 Å². The first-order valence-electron chi connectivity index (χ1n) is 6.86. The van der Waals surface area contributed by atoms with E-state index in [2.05, 4.69) is 30.2 Å². The van der Waals surface area contributed by atoms with E-state index in [1.165, 1.54) is 18.6 Å². The molecule has 1 aliphatic heterocycles. The highest BCUT2D eigenvalue weighted by molar-refractivity contribution is 5.94. The van der Waals surface area contributed by atoms with Crippen molar-refractivity contribution in [2.24, 2.45) is 17.0 Å². The highest BCUT2D eigenvalue weighted by Crippen LogP contribution is 2.37. The smallest absolute Gasteiger partial charge is 0.160 e. The summed E-state index contributed by atoms with van der Waals surface area (Å²) < 4.78 is 0. The summed E-state index contributed by atoms with van der Waals surface area (Å²) in [6.45, 7) is 1.88. The lowest BCUT2D eigenvalue weighted by atomic mass is 9.96. The van der Waals surface area contributed by atoms with Crippen LogP contribution in [0.2, 0.25) is 0 Å². The molecule has 0 aromatic carbocycles. The number of H-pyrrole nitrogens is 1. The van der Waals surface area contributed by atoms with Crippen LogP contribution >= 0.6 is 0 Å². The van der Waals surface area contributed by atoms with Gasteiger partial charge in [0.25, 0.3) is 0 Å². The molecule has 2 bridgehead atoms. The summed E-state index contributed by atoms with van der Waals surface area (Å²) in [7, 11) is 1.62. The normalized spacial score (nSPS) is 25.2. The fraction of sp³-hybridized carbons (Fsp3) is 0.538. The first-order valence-corrected chi connectivity index (χ1v) is 6.86. The van der Waals surface area contributed by atoms with Gasteiger partial charge < -0.3 is 9.74 Å². The number of piperidine rings is 1. The number of nitrogens with one attached hydrogen (secondary N) is 1. The first-order chi connectivity index (χ1) is 9.86. The van der Waals surface area contributed by atoms with E-state index in [-0.39, 0.29) is 0 Å². The van der Waals surface area contributed by atoms with Crippen molar-refractivity contribution >= 4 is 22.6 Å². The van der Waals surface area contributed by atoms with E-state index in [0.717, 1.165) is 29.9 Å². The van der Waals surface area contributed by atoms with Gasteiger partial charge >= 0.3 is 0 Å². The van der Waals surface area contributed by atoms with Crippen LogP contribution in [0.1, 0.15) is 12.8 Å². The lowest BCUT2D eigenvalue weighted by Crippen LogP contribution is -2.43. The third-order valence-electron chi connectivity index (χ3n) is 4.30. The van der Waals surface area contributed by atoms with Crippen molar-refractivity contribution in [2.45, 2.75) is 12.8 Å². The Kier molecular flexibility index (Phi) is 2.58. The summed E-state index contributed by atoms with van der Waals surface area (Å²) in [5.41, 5.74) is 2.01. The maximum absolute atomic E-state index is 4.99. The lowest BCUT2D eigenvalue weighted by Gasteiger charge is -2.33. The quantitative estimate of drug-likeness (QED) is 0.831. The molecule has 1 N–H and O–H groups in total. The van der Waals surface area contributed by atoms with Gasteiger partial charge in [0.1, 0.15) is 19.3 Å². The van der Waals surface area contributed by atoms with Crippen LogP contribution in [0.4, 0.5) is 5.82 Å². The third-order valence-corrected chi connectivity index (χ3v) is 4.30. The van der Waals surface area contributed by atoms with Crippen LogP contribution in [0.5, 0.6) is 0 Å². The van der Waals surface area contributed by atoms with Gasteiger partial charge in [0.15, 0.2) is 5.65 Å². The Morgan fingerprint density at radius 1 is 1.30 bits per heavy atom. The molecule has 0 radical (unpaired) electrons. The number of anilines is 1. The molecule has 2 aromatic rings. The van der Waals surface area contributed by atoms with E-state index in [4.69, 9.17) is 4.84 Å². The van der Waals surface area contributed by atoms with Gasteiger partial charge in [-0.2, -0.15) is 5.10 Å². The predicted octanol–water partition coefficient (Wildman–Crippen LogP) is 1.20. The molecule has 3 heterocycles. The summed E-state index contributed by atoms with van der Waals surface area (Å²) in [5.74, 6) is 1.92. The van der Waals surface area contributed by atoms with Crippen LogP contribution in [0, 0.1) is 11.8 Å². The molecule has 7 heteroatoms. The minimum atomic E-state index is 0.477. The average Bonchev–Trinajstić information content (AvgIpc) is 3.01. The van der Waals surface area contributed by atoms with E-state index < -0.39 is 0 Å². The van der Waals surface area contributed by atoms with Crippen molar-refractivity contribution in [1.29, 1.82) is 0 Å². The zero-order chi connectivity index (χ0) is 13.5. The largest absolute Gasteiger partial charge is 0.399 e. The molecule has 2 aliphatic rings. The maximum Gasteiger partial charge on any atom is 0.160 e. The Morgan fingerprint density at radius 3 is 2.85 bits per heavy atom. The van der Waals surface area contributed by atoms with E-state index in [1.807, 2.05) is 0 Å². The monoisotopic (exact) mass is 272 g/mol. The molecule has 1 saturated carbocycles. The van der Waals surface area contributed by atoms with E-state index >= 15 is 0 Å². The van der Waals surface area contributed by atoms with Crippen LogP contribution in [0.15, 0.2) is 17.7 Å². The number of aromatic nitrogens is 4. The molecular weight excluding hydrogens is 256 g/mol. The van der Waals surface area contributed by atoms with Crippen LogP contribution < -0.4 is 4.90 Å². The zero-order valence-corrected chi connectivity index (χ0v) is 11.3. The second kappa shape index (κ2) is 4.43. The summed E-state index contributed by atoms with van der Waals surface area (Å²) >= 11 is 0. The molecule has 20 heavy (non-hydrogen) atoms. The fourth-order valence-corrected chi connectivity index (χ4v) is 3.44.